The predicted molar refractivity (Wildman–Crippen MR) is 170 cm³/mol. The second-order valence-corrected chi connectivity index (χ2v) is 13.0. The Hall–Kier alpha value is -4.60. The number of nitrogens with one attached hydrogen (secondary N) is 2. The van der Waals surface area contributed by atoms with E-state index in [0.29, 0.717) is 29.6 Å². The fourth-order valence-electron chi connectivity index (χ4n) is 5.67. The number of pyridine rings is 1. The maximum absolute atomic E-state index is 16.0. The number of allylic oxidation sites excluding steroid dienone is 1. The van der Waals surface area contributed by atoms with Crippen molar-refractivity contribution in [2.75, 3.05) is 5.32 Å². The normalized spacial score (nSPS) is 17.1. The van der Waals surface area contributed by atoms with E-state index in [1.807, 2.05) is 67.6 Å². The highest BCUT2D eigenvalue weighted by atomic mass is 32.2. The highest BCUT2D eigenvalue weighted by molar-refractivity contribution is 7.90. The summed E-state index contributed by atoms with van der Waals surface area (Å²) in [5.41, 5.74) is 2.70. The highest BCUT2D eigenvalue weighted by Gasteiger charge is 2.36. The minimum atomic E-state index is -3.96. The average Bonchev–Trinajstić information content (AvgIpc) is 3.37. The zero-order chi connectivity index (χ0) is 30.9. The Balaban J connectivity index is 1.34. The van der Waals surface area contributed by atoms with Gasteiger partial charge in [0.15, 0.2) is 5.65 Å². The van der Waals surface area contributed by atoms with Crippen molar-refractivity contribution in [1.82, 2.24) is 14.3 Å². The number of anilines is 1. The van der Waals surface area contributed by atoms with Crippen LogP contribution >= 0.6 is 0 Å². The molecule has 2 heterocycles. The molecule has 0 aliphatic heterocycles. The molecule has 2 aromatic heterocycles. The maximum Gasteiger partial charge on any atom is 0.269 e. The first kappa shape index (κ1) is 29.5. The van der Waals surface area contributed by atoms with E-state index >= 15 is 8.78 Å². The monoisotopic (exact) mass is 610 g/mol. The number of aromatic nitrogens is 2. The SMILES string of the molecule is Cc1ccc(S(=O)(=O)n2cc(C)c3c(NC4=C(F)CC(Cc5ccccc5)(NCc5ccccc5)C=C4F)ccnc32)cc1. The van der Waals surface area contributed by atoms with Crippen molar-refractivity contribution in [3.05, 3.63) is 149 Å². The third-order valence-electron chi connectivity index (χ3n) is 7.92. The number of aryl methyl sites for hydroxylation is 2. The van der Waals surface area contributed by atoms with Crippen molar-refractivity contribution in [2.24, 2.45) is 0 Å². The number of halogens is 2. The Morgan fingerprint density at radius 2 is 1.55 bits per heavy atom. The Bertz CT molecular complexity index is 1990. The molecule has 1 aliphatic rings. The molecule has 9 heteroatoms. The van der Waals surface area contributed by atoms with E-state index in [2.05, 4.69) is 15.6 Å². The van der Waals surface area contributed by atoms with Crippen LogP contribution < -0.4 is 10.6 Å². The van der Waals surface area contributed by atoms with Gasteiger partial charge in [-0.3, -0.25) is 0 Å². The molecule has 3 aromatic carbocycles. The van der Waals surface area contributed by atoms with Crippen LogP contribution in [0, 0.1) is 13.8 Å². The minimum absolute atomic E-state index is 0.0828. The van der Waals surface area contributed by atoms with E-state index < -0.39 is 27.2 Å². The third kappa shape index (κ3) is 5.80. The quantitative estimate of drug-likeness (QED) is 0.181. The van der Waals surface area contributed by atoms with E-state index in [0.717, 1.165) is 20.7 Å². The van der Waals surface area contributed by atoms with Gasteiger partial charge < -0.3 is 10.6 Å². The first-order chi connectivity index (χ1) is 21.1. The molecule has 0 amide bonds. The van der Waals surface area contributed by atoms with Crippen LogP contribution in [0.1, 0.15) is 28.7 Å². The van der Waals surface area contributed by atoms with Crippen molar-refractivity contribution in [1.29, 1.82) is 0 Å². The largest absolute Gasteiger partial charge is 0.350 e. The van der Waals surface area contributed by atoms with E-state index in [-0.39, 0.29) is 22.7 Å². The van der Waals surface area contributed by atoms with E-state index in [9.17, 15) is 8.42 Å². The number of benzene rings is 3. The van der Waals surface area contributed by atoms with Crippen LogP contribution in [0.3, 0.4) is 0 Å². The van der Waals surface area contributed by atoms with Crippen LogP contribution in [0.25, 0.3) is 11.0 Å². The minimum Gasteiger partial charge on any atom is -0.350 e. The Morgan fingerprint density at radius 3 is 2.20 bits per heavy atom. The van der Waals surface area contributed by atoms with Gasteiger partial charge in [-0.15, -0.1) is 0 Å². The van der Waals surface area contributed by atoms with Gasteiger partial charge in [0.05, 0.1) is 16.1 Å². The molecule has 0 saturated heterocycles. The molecule has 224 valence electrons. The Kier molecular flexibility index (Phi) is 7.92. The molecule has 44 heavy (non-hydrogen) atoms. The summed E-state index contributed by atoms with van der Waals surface area (Å²) in [6.07, 6.45) is 4.66. The van der Waals surface area contributed by atoms with Crippen LogP contribution in [0.2, 0.25) is 0 Å². The molecule has 0 saturated carbocycles. The predicted octanol–water partition coefficient (Wildman–Crippen LogP) is 7.51. The molecule has 0 radical (unpaired) electrons. The standard InChI is InChI=1S/C35H32F2N4O2S/c1-24-13-15-28(16-14-24)44(42,43)41-23-25(2)32-31(17-18-38-34(32)41)40-33-29(36)20-35(21-30(33)37,19-26-9-5-3-6-10-26)39-22-27-11-7-4-8-12-27/h3-18,20,23,39H,19,21-22H2,1-2H3,(H,38,40). The number of rotatable bonds is 9. The molecule has 0 spiro atoms. The molecule has 2 N–H and O–H groups in total. The molecule has 6 rings (SSSR count). The van der Waals surface area contributed by atoms with Gasteiger partial charge in [-0.2, -0.15) is 0 Å². The molecule has 0 fully saturated rings. The average molecular weight is 611 g/mol. The first-order valence-corrected chi connectivity index (χ1v) is 15.8. The van der Waals surface area contributed by atoms with Crippen LogP contribution in [0.5, 0.6) is 0 Å². The summed E-state index contributed by atoms with van der Waals surface area (Å²) in [6.45, 7) is 4.05. The lowest BCUT2D eigenvalue weighted by atomic mass is 9.82. The van der Waals surface area contributed by atoms with Crippen molar-refractivity contribution >= 4 is 26.7 Å². The molecular formula is C35H32F2N4O2S. The molecule has 1 atom stereocenters. The summed E-state index contributed by atoms with van der Waals surface area (Å²) in [5.74, 6) is -1.38. The van der Waals surface area contributed by atoms with Crippen LogP contribution in [0.4, 0.5) is 14.5 Å². The van der Waals surface area contributed by atoms with Crippen molar-refractivity contribution in [2.45, 2.75) is 43.7 Å². The topological polar surface area (TPSA) is 76.0 Å². The van der Waals surface area contributed by atoms with Gasteiger partial charge in [-0.25, -0.2) is 26.2 Å². The summed E-state index contributed by atoms with van der Waals surface area (Å²) in [7, 11) is -3.96. The van der Waals surface area contributed by atoms with Gasteiger partial charge in [0.2, 0.25) is 0 Å². The van der Waals surface area contributed by atoms with Gasteiger partial charge in [0, 0.05) is 30.7 Å². The van der Waals surface area contributed by atoms with E-state index in [4.69, 9.17) is 0 Å². The molecule has 6 nitrogen and oxygen atoms in total. The lowest BCUT2D eigenvalue weighted by molar-refractivity contribution is 0.344. The van der Waals surface area contributed by atoms with Gasteiger partial charge >= 0.3 is 0 Å². The number of hydrogen-bond acceptors (Lipinski definition) is 5. The number of hydrogen-bond donors (Lipinski definition) is 2. The third-order valence-corrected chi connectivity index (χ3v) is 9.58. The van der Waals surface area contributed by atoms with Gasteiger partial charge in [0.1, 0.15) is 17.4 Å². The second kappa shape index (κ2) is 11.8. The van der Waals surface area contributed by atoms with E-state index in [1.165, 1.54) is 18.5 Å². The summed E-state index contributed by atoms with van der Waals surface area (Å²) in [4.78, 5) is 4.46. The summed E-state index contributed by atoms with van der Waals surface area (Å²) < 4.78 is 60.2. The lowest BCUT2D eigenvalue weighted by Crippen LogP contribution is -2.47. The van der Waals surface area contributed by atoms with Crippen LogP contribution in [-0.2, 0) is 23.0 Å². The Morgan fingerprint density at radius 1 is 0.886 bits per heavy atom. The number of nitrogens with zero attached hydrogens (tertiary/aromatic N) is 2. The van der Waals surface area contributed by atoms with Gasteiger partial charge in [0.25, 0.3) is 10.0 Å². The fourth-order valence-corrected chi connectivity index (χ4v) is 7.04. The molecule has 1 aliphatic carbocycles. The highest BCUT2D eigenvalue weighted by Crippen LogP contribution is 2.38. The van der Waals surface area contributed by atoms with Gasteiger partial charge in [-0.05, 0) is 61.2 Å². The summed E-state index contributed by atoms with van der Waals surface area (Å²) in [5, 5.41) is 6.82. The smallest absolute Gasteiger partial charge is 0.269 e. The van der Waals surface area contributed by atoms with E-state index in [1.54, 1.807) is 37.3 Å². The molecular weight excluding hydrogens is 578 g/mol. The van der Waals surface area contributed by atoms with Crippen molar-refractivity contribution in [3.8, 4) is 0 Å². The van der Waals surface area contributed by atoms with Gasteiger partial charge in [-0.1, -0.05) is 78.4 Å². The maximum atomic E-state index is 16.0. The van der Waals surface area contributed by atoms with Crippen molar-refractivity contribution < 1.29 is 17.2 Å². The van der Waals surface area contributed by atoms with Crippen molar-refractivity contribution in [3.63, 3.8) is 0 Å². The van der Waals surface area contributed by atoms with Crippen LogP contribution in [-0.4, -0.2) is 22.9 Å². The fraction of sp³-hybridized carbons (Fsp3) is 0.171. The first-order valence-electron chi connectivity index (χ1n) is 14.3. The molecule has 0 bridgehead atoms. The molecule has 1 unspecified atom stereocenters. The lowest BCUT2D eigenvalue weighted by Gasteiger charge is -2.35. The zero-order valence-electron chi connectivity index (χ0n) is 24.4. The second-order valence-electron chi connectivity index (χ2n) is 11.2. The number of fused-ring (bicyclic) bond motifs is 1. The zero-order valence-corrected chi connectivity index (χ0v) is 25.2. The molecule has 5 aromatic rings. The summed E-state index contributed by atoms with van der Waals surface area (Å²) >= 11 is 0. The van der Waals surface area contributed by atoms with Crippen LogP contribution in [0.15, 0.2) is 132 Å². The summed E-state index contributed by atoms with van der Waals surface area (Å²) in [6, 6.07) is 27.5. The Labute approximate surface area is 255 Å².